The zero-order chi connectivity index (χ0) is 14.5. The summed E-state index contributed by atoms with van der Waals surface area (Å²) in [6.07, 6.45) is 1.48. The van der Waals surface area contributed by atoms with E-state index < -0.39 is 11.6 Å². The summed E-state index contributed by atoms with van der Waals surface area (Å²) in [6.45, 7) is 2.44. The van der Waals surface area contributed by atoms with Crippen LogP contribution in [0.15, 0.2) is 30.3 Å². The van der Waals surface area contributed by atoms with E-state index in [1.807, 2.05) is 0 Å². The molecule has 1 aliphatic rings. The average Bonchev–Trinajstić information content (AvgIpc) is 2.44. The molecule has 0 unspecified atom stereocenters. The second-order valence-corrected chi connectivity index (χ2v) is 4.28. The Bertz CT molecular complexity index is 589. The lowest BCUT2D eigenvalue weighted by Crippen LogP contribution is -2.26. The van der Waals surface area contributed by atoms with Gasteiger partial charge in [-0.2, -0.15) is 0 Å². The molecule has 0 bridgehead atoms. The number of fused-ring (bicyclic) bond motifs is 1. The number of nitrogens with one attached hydrogen (secondary N) is 1. The zero-order valence-electron chi connectivity index (χ0n) is 11.1. The van der Waals surface area contributed by atoms with E-state index in [-0.39, 0.29) is 12.4 Å². The fraction of sp³-hybridized carbons (Fsp3) is 0.267. The van der Waals surface area contributed by atoms with Crippen molar-refractivity contribution in [3.05, 3.63) is 41.5 Å². The van der Waals surface area contributed by atoms with Crippen LogP contribution in [-0.2, 0) is 14.3 Å². The Kier molecular flexibility index (Phi) is 4.30. The normalized spacial score (nSPS) is 13.6. The maximum Gasteiger partial charge on any atom is 0.307 e. The molecular formula is C15H15NO4. The molecule has 0 spiro atoms. The molecule has 0 radical (unpaired) electrons. The molecule has 1 aromatic rings. The number of benzene rings is 1. The number of hydrogen-bond acceptors (Lipinski definition) is 5. The molecule has 20 heavy (non-hydrogen) atoms. The topological polar surface area (TPSA) is 72.5 Å². The number of allylic oxidation sites excluding steroid dienone is 1. The third kappa shape index (κ3) is 2.93. The number of esters is 1. The lowest BCUT2D eigenvalue weighted by atomic mass is 9.93. The largest absolute Gasteiger partial charge is 0.466 e. The fourth-order valence-corrected chi connectivity index (χ4v) is 2.00. The molecule has 1 aliphatic carbocycles. The molecule has 1 N–H and O–H groups in total. The number of ketones is 2. The van der Waals surface area contributed by atoms with Crippen LogP contribution in [0.5, 0.6) is 0 Å². The summed E-state index contributed by atoms with van der Waals surface area (Å²) in [5.74, 6) is -1.36. The van der Waals surface area contributed by atoms with Crippen LogP contribution in [0, 0.1) is 0 Å². The van der Waals surface area contributed by atoms with E-state index >= 15 is 0 Å². The summed E-state index contributed by atoms with van der Waals surface area (Å²) in [4.78, 5) is 34.6. The van der Waals surface area contributed by atoms with Crippen molar-refractivity contribution in [2.75, 3.05) is 13.2 Å². The van der Waals surface area contributed by atoms with Crippen molar-refractivity contribution in [3.63, 3.8) is 0 Å². The van der Waals surface area contributed by atoms with Gasteiger partial charge in [0.25, 0.3) is 0 Å². The molecular weight excluding hydrogens is 258 g/mol. The lowest BCUT2D eigenvalue weighted by Gasteiger charge is -2.17. The van der Waals surface area contributed by atoms with Crippen molar-refractivity contribution in [1.82, 2.24) is 5.32 Å². The second kappa shape index (κ2) is 6.14. The average molecular weight is 273 g/mol. The molecule has 0 amide bonds. The van der Waals surface area contributed by atoms with Crippen molar-refractivity contribution in [1.29, 1.82) is 0 Å². The Morgan fingerprint density at radius 3 is 2.60 bits per heavy atom. The highest BCUT2D eigenvalue weighted by molar-refractivity contribution is 6.50. The molecule has 5 nitrogen and oxygen atoms in total. The van der Waals surface area contributed by atoms with Crippen molar-refractivity contribution in [2.24, 2.45) is 0 Å². The summed E-state index contributed by atoms with van der Waals surface area (Å²) in [7, 11) is 0. The number of ether oxygens (including phenoxy) is 1. The van der Waals surface area contributed by atoms with Gasteiger partial charge in [0.05, 0.1) is 13.0 Å². The van der Waals surface area contributed by atoms with E-state index in [0.717, 1.165) is 0 Å². The van der Waals surface area contributed by atoms with Crippen molar-refractivity contribution >= 4 is 23.2 Å². The molecule has 104 valence electrons. The van der Waals surface area contributed by atoms with Gasteiger partial charge in [-0.05, 0) is 6.92 Å². The quantitative estimate of drug-likeness (QED) is 0.647. The van der Waals surface area contributed by atoms with Crippen LogP contribution in [0.1, 0.15) is 29.3 Å². The van der Waals surface area contributed by atoms with E-state index in [2.05, 4.69) is 5.32 Å². The van der Waals surface area contributed by atoms with Gasteiger partial charge in [-0.25, -0.2) is 0 Å². The third-order valence-electron chi connectivity index (χ3n) is 2.91. The van der Waals surface area contributed by atoms with Gasteiger partial charge >= 0.3 is 5.97 Å². The number of rotatable bonds is 5. The molecule has 5 heteroatoms. The van der Waals surface area contributed by atoms with Gasteiger partial charge in [0.1, 0.15) is 0 Å². The number of hydrogen-bond donors (Lipinski definition) is 1. The number of carbonyl (C=O) groups excluding carboxylic acids is 3. The van der Waals surface area contributed by atoms with Crippen LogP contribution >= 0.6 is 0 Å². The SMILES string of the molecule is CCOC(=O)CCNC1=CC(=O)C(=O)c2ccccc21. The molecule has 0 atom stereocenters. The van der Waals surface area contributed by atoms with E-state index in [1.165, 1.54) is 6.08 Å². The predicted molar refractivity (Wildman–Crippen MR) is 73.0 cm³/mol. The van der Waals surface area contributed by atoms with E-state index in [4.69, 9.17) is 4.74 Å². The first-order chi connectivity index (χ1) is 9.63. The van der Waals surface area contributed by atoms with Crippen LogP contribution in [-0.4, -0.2) is 30.7 Å². The molecule has 0 saturated carbocycles. The van der Waals surface area contributed by atoms with Gasteiger partial charge in [0.2, 0.25) is 11.6 Å². The number of Topliss-reactive ketones (excluding diaryl/α,β-unsaturated/α-hetero) is 1. The summed E-state index contributed by atoms with van der Waals surface area (Å²) < 4.78 is 4.82. The van der Waals surface area contributed by atoms with Crippen molar-refractivity contribution < 1.29 is 19.1 Å². The maximum atomic E-state index is 11.7. The van der Waals surface area contributed by atoms with E-state index in [1.54, 1.807) is 31.2 Å². The summed E-state index contributed by atoms with van der Waals surface area (Å²) in [5, 5.41) is 3.01. The molecule has 2 rings (SSSR count). The summed E-state index contributed by atoms with van der Waals surface area (Å²) in [5.41, 5.74) is 1.63. The first-order valence-electron chi connectivity index (χ1n) is 6.42. The summed E-state index contributed by atoms with van der Waals surface area (Å²) in [6, 6.07) is 6.90. The van der Waals surface area contributed by atoms with E-state index in [9.17, 15) is 14.4 Å². The Balaban J connectivity index is 2.08. The highest BCUT2D eigenvalue weighted by Crippen LogP contribution is 2.22. The standard InChI is InChI=1S/C15H15NO4/c1-2-20-14(18)7-8-16-12-9-13(17)15(19)11-6-4-3-5-10(11)12/h3-6,9,16H,2,7-8H2,1H3. The zero-order valence-corrected chi connectivity index (χ0v) is 11.1. The van der Waals surface area contributed by atoms with Crippen molar-refractivity contribution in [2.45, 2.75) is 13.3 Å². The molecule has 0 fully saturated rings. The van der Waals surface area contributed by atoms with Crippen LogP contribution in [0.3, 0.4) is 0 Å². The van der Waals surface area contributed by atoms with Gasteiger partial charge in [0.15, 0.2) is 0 Å². The van der Waals surface area contributed by atoms with Crippen LogP contribution < -0.4 is 5.32 Å². The second-order valence-electron chi connectivity index (χ2n) is 4.28. The third-order valence-corrected chi connectivity index (χ3v) is 2.91. The Labute approximate surface area is 116 Å². The predicted octanol–water partition coefficient (Wildman–Crippen LogP) is 1.34. The van der Waals surface area contributed by atoms with Crippen LogP contribution in [0.25, 0.3) is 5.70 Å². The monoisotopic (exact) mass is 273 g/mol. The molecule has 0 saturated heterocycles. The van der Waals surface area contributed by atoms with Gasteiger partial charge in [-0.3, -0.25) is 14.4 Å². The van der Waals surface area contributed by atoms with Crippen LogP contribution in [0.2, 0.25) is 0 Å². The lowest BCUT2D eigenvalue weighted by molar-refractivity contribution is -0.142. The van der Waals surface area contributed by atoms with Gasteiger partial charge in [0, 0.05) is 29.4 Å². The maximum absolute atomic E-state index is 11.7. The van der Waals surface area contributed by atoms with Crippen molar-refractivity contribution in [3.8, 4) is 0 Å². The minimum Gasteiger partial charge on any atom is -0.466 e. The van der Waals surface area contributed by atoms with Gasteiger partial charge in [-0.1, -0.05) is 24.3 Å². The van der Waals surface area contributed by atoms with E-state index in [0.29, 0.717) is 30.0 Å². The number of carbonyl (C=O) groups is 3. The van der Waals surface area contributed by atoms with Gasteiger partial charge < -0.3 is 10.1 Å². The Hall–Kier alpha value is -2.43. The molecule has 0 aliphatic heterocycles. The highest BCUT2D eigenvalue weighted by atomic mass is 16.5. The summed E-state index contributed by atoms with van der Waals surface area (Å²) >= 11 is 0. The smallest absolute Gasteiger partial charge is 0.307 e. The Morgan fingerprint density at radius 1 is 1.20 bits per heavy atom. The minimum absolute atomic E-state index is 0.204. The van der Waals surface area contributed by atoms with Crippen LogP contribution in [0.4, 0.5) is 0 Å². The first kappa shape index (κ1) is 14.0. The minimum atomic E-state index is -0.553. The molecule has 0 aromatic heterocycles. The Morgan fingerprint density at radius 2 is 1.90 bits per heavy atom. The molecule has 1 aromatic carbocycles. The highest BCUT2D eigenvalue weighted by Gasteiger charge is 2.25. The molecule has 0 heterocycles. The fourth-order valence-electron chi connectivity index (χ4n) is 2.00. The first-order valence-corrected chi connectivity index (χ1v) is 6.42. The van der Waals surface area contributed by atoms with Gasteiger partial charge in [-0.15, -0.1) is 0 Å².